The lowest BCUT2D eigenvalue weighted by molar-refractivity contribution is -0.121. The van der Waals surface area contributed by atoms with Gasteiger partial charge in [0.1, 0.15) is 0 Å². The first kappa shape index (κ1) is 14.4. The summed E-state index contributed by atoms with van der Waals surface area (Å²) in [6.07, 6.45) is 0.0686. The molecule has 0 saturated carbocycles. The highest BCUT2D eigenvalue weighted by atomic mass is 16.6. The molecule has 5 nitrogen and oxygen atoms in total. The Morgan fingerprint density at radius 3 is 2.71 bits per heavy atom. The number of carbonyl (C=O) groups is 1. The van der Waals surface area contributed by atoms with E-state index in [1.165, 1.54) is 0 Å². The highest BCUT2D eigenvalue weighted by molar-refractivity contribution is 5.78. The molecular weight excluding hydrogens is 220 g/mol. The maximum Gasteiger partial charge on any atom is 0.234 e. The van der Waals surface area contributed by atoms with Crippen molar-refractivity contribution < 1.29 is 14.3 Å². The predicted octanol–water partition coefficient (Wildman–Crippen LogP) is 0.152. The molecule has 2 N–H and O–H groups in total. The van der Waals surface area contributed by atoms with Crippen LogP contribution >= 0.6 is 0 Å². The molecule has 0 aromatic rings. The van der Waals surface area contributed by atoms with E-state index in [2.05, 4.69) is 24.5 Å². The van der Waals surface area contributed by atoms with Gasteiger partial charge in [-0.05, 0) is 12.8 Å². The molecule has 0 radical (unpaired) electrons. The summed E-state index contributed by atoms with van der Waals surface area (Å²) in [6.45, 7) is 9.10. The molecule has 0 bridgehead atoms. The first-order valence-electron chi connectivity index (χ1n) is 6.29. The van der Waals surface area contributed by atoms with E-state index in [1.807, 2.05) is 6.92 Å². The Morgan fingerprint density at radius 2 is 2.12 bits per heavy atom. The summed E-state index contributed by atoms with van der Waals surface area (Å²) in [5.74, 6) is 0.483. The maximum atomic E-state index is 11.6. The van der Waals surface area contributed by atoms with Crippen molar-refractivity contribution in [3.8, 4) is 0 Å². The summed E-state index contributed by atoms with van der Waals surface area (Å²) in [7, 11) is 0. The largest absolute Gasteiger partial charge is 0.376 e. The fourth-order valence-corrected chi connectivity index (χ4v) is 1.47. The van der Waals surface area contributed by atoms with Crippen LogP contribution in [-0.4, -0.2) is 51.0 Å². The molecule has 100 valence electrons. The van der Waals surface area contributed by atoms with Crippen molar-refractivity contribution in [2.45, 2.75) is 32.9 Å². The van der Waals surface area contributed by atoms with Gasteiger partial charge in [-0.25, -0.2) is 0 Å². The molecule has 0 aromatic heterocycles. The summed E-state index contributed by atoms with van der Waals surface area (Å²) in [6, 6.07) is 0.207. The third kappa shape index (κ3) is 6.00. The number of carbonyl (C=O) groups excluding carboxylic acids is 1. The number of amides is 1. The van der Waals surface area contributed by atoms with Crippen LogP contribution in [0.15, 0.2) is 0 Å². The van der Waals surface area contributed by atoms with E-state index in [0.717, 1.165) is 0 Å². The van der Waals surface area contributed by atoms with E-state index >= 15 is 0 Å². The van der Waals surface area contributed by atoms with E-state index in [0.29, 0.717) is 38.8 Å². The van der Waals surface area contributed by atoms with Crippen LogP contribution in [0, 0.1) is 5.92 Å². The molecule has 17 heavy (non-hydrogen) atoms. The van der Waals surface area contributed by atoms with Gasteiger partial charge in [-0.2, -0.15) is 0 Å². The monoisotopic (exact) mass is 244 g/mol. The Morgan fingerprint density at radius 1 is 1.35 bits per heavy atom. The molecule has 2 unspecified atom stereocenters. The summed E-state index contributed by atoms with van der Waals surface area (Å²) in [5.41, 5.74) is 0. The van der Waals surface area contributed by atoms with Gasteiger partial charge in [-0.1, -0.05) is 13.8 Å². The highest BCUT2D eigenvalue weighted by Gasteiger charge is 2.15. The average molecular weight is 244 g/mol. The fraction of sp³-hybridized carbons (Fsp3) is 0.917. The summed E-state index contributed by atoms with van der Waals surface area (Å²) >= 11 is 0. The van der Waals surface area contributed by atoms with E-state index < -0.39 is 0 Å². The van der Waals surface area contributed by atoms with Crippen molar-refractivity contribution in [2.24, 2.45) is 5.92 Å². The zero-order valence-electron chi connectivity index (χ0n) is 11.0. The van der Waals surface area contributed by atoms with Gasteiger partial charge in [0.05, 0.1) is 32.5 Å². The number of ether oxygens (including phenoxy) is 2. The molecule has 1 fully saturated rings. The van der Waals surface area contributed by atoms with Crippen molar-refractivity contribution in [1.29, 1.82) is 0 Å². The van der Waals surface area contributed by atoms with Crippen LogP contribution in [-0.2, 0) is 14.3 Å². The molecule has 0 aliphatic carbocycles. The summed E-state index contributed by atoms with van der Waals surface area (Å²) in [5, 5.41) is 6.03. The Hall–Kier alpha value is -0.650. The lowest BCUT2D eigenvalue weighted by Gasteiger charge is -2.23. The quantitative estimate of drug-likeness (QED) is 0.698. The molecule has 1 rings (SSSR count). The van der Waals surface area contributed by atoms with Crippen LogP contribution in [0.25, 0.3) is 0 Å². The minimum absolute atomic E-state index is 0.0305. The van der Waals surface area contributed by atoms with Gasteiger partial charge in [-0.3, -0.25) is 4.79 Å². The van der Waals surface area contributed by atoms with Gasteiger partial charge >= 0.3 is 0 Å². The SMILES string of the molecule is CC(C)C(C)NC(=O)CNCC1COCCO1. The summed E-state index contributed by atoms with van der Waals surface area (Å²) in [4.78, 5) is 11.6. The Kier molecular flexibility index (Phi) is 6.47. The molecule has 1 saturated heterocycles. The molecule has 1 aliphatic heterocycles. The standard InChI is InChI=1S/C12H24N2O3/c1-9(2)10(3)14-12(15)7-13-6-11-8-16-4-5-17-11/h9-11,13H,4-8H2,1-3H3,(H,14,15). The van der Waals surface area contributed by atoms with E-state index in [9.17, 15) is 4.79 Å². The number of nitrogens with one attached hydrogen (secondary N) is 2. The molecule has 0 aromatic carbocycles. The van der Waals surface area contributed by atoms with Crippen molar-refractivity contribution in [1.82, 2.24) is 10.6 Å². The minimum atomic E-state index is 0.0305. The Labute approximate surface area is 103 Å². The second-order valence-electron chi connectivity index (χ2n) is 4.80. The smallest absolute Gasteiger partial charge is 0.234 e. The van der Waals surface area contributed by atoms with Crippen molar-refractivity contribution >= 4 is 5.91 Å². The Balaban J connectivity index is 2.07. The second-order valence-corrected chi connectivity index (χ2v) is 4.80. The van der Waals surface area contributed by atoms with E-state index in [-0.39, 0.29) is 18.1 Å². The van der Waals surface area contributed by atoms with Crippen LogP contribution in [0.4, 0.5) is 0 Å². The molecule has 5 heteroatoms. The zero-order chi connectivity index (χ0) is 12.7. The third-order valence-electron chi connectivity index (χ3n) is 2.93. The zero-order valence-corrected chi connectivity index (χ0v) is 11.0. The minimum Gasteiger partial charge on any atom is -0.376 e. The topological polar surface area (TPSA) is 59.6 Å². The van der Waals surface area contributed by atoms with Crippen LogP contribution in [0.1, 0.15) is 20.8 Å². The second kappa shape index (κ2) is 7.63. The fourth-order valence-electron chi connectivity index (χ4n) is 1.47. The van der Waals surface area contributed by atoms with Crippen LogP contribution < -0.4 is 10.6 Å². The molecule has 1 amide bonds. The van der Waals surface area contributed by atoms with Gasteiger partial charge in [-0.15, -0.1) is 0 Å². The molecule has 1 aliphatic rings. The number of hydrogen-bond acceptors (Lipinski definition) is 4. The molecule has 0 spiro atoms. The van der Waals surface area contributed by atoms with Crippen molar-refractivity contribution in [3.63, 3.8) is 0 Å². The highest BCUT2D eigenvalue weighted by Crippen LogP contribution is 2.00. The van der Waals surface area contributed by atoms with Crippen molar-refractivity contribution in [2.75, 3.05) is 32.9 Å². The van der Waals surface area contributed by atoms with Crippen molar-refractivity contribution in [3.05, 3.63) is 0 Å². The van der Waals surface area contributed by atoms with E-state index in [1.54, 1.807) is 0 Å². The van der Waals surface area contributed by atoms with Gasteiger partial charge in [0.25, 0.3) is 0 Å². The van der Waals surface area contributed by atoms with Gasteiger partial charge < -0.3 is 20.1 Å². The molecule has 2 atom stereocenters. The summed E-state index contributed by atoms with van der Waals surface area (Å²) < 4.78 is 10.7. The first-order valence-corrected chi connectivity index (χ1v) is 6.29. The predicted molar refractivity (Wildman–Crippen MR) is 65.9 cm³/mol. The Bertz CT molecular complexity index is 228. The molecule has 1 heterocycles. The average Bonchev–Trinajstić information content (AvgIpc) is 2.30. The maximum absolute atomic E-state index is 11.6. The third-order valence-corrected chi connectivity index (χ3v) is 2.93. The van der Waals surface area contributed by atoms with Gasteiger partial charge in [0.2, 0.25) is 5.91 Å². The number of hydrogen-bond donors (Lipinski definition) is 2. The van der Waals surface area contributed by atoms with Gasteiger partial charge in [0.15, 0.2) is 0 Å². The van der Waals surface area contributed by atoms with E-state index in [4.69, 9.17) is 9.47 Å². The molecular formula is C12H24N2O3. The van der Waals surface area contributed by atoms with Gasteiger partial charge in [0, 0.05) is 12.6 Å². The first-order chi connectivity index (χ1) is 8.09. The van der Waals surface area contributed by atoms with Crippen LogP contribution in [0.2, 0.25) is 0 Å². The lowest BCUT2D eigenvalue weighted by atomic mass is 10.1. The number of rotatable bonds is 6. The van der Waals surface area contributed by atoms with Crippen LogP contribution in [0.5, 0.6) is 0 Å². The normalized spacial score (nSPS) is 22.5. The van der Waals surface area contributed by atoms with Crippen LogP contribution in [0.3, 0.4) is 0 Å². The lowest BCUT2D eigenvalue weighted by Crippen LogP contribution is -2.44.